The number of fused-ring (bicyclic) bond motifs is 6. The van der Waals surface area contributed by atoms with Crippen LogP contribution in [0.4, 0.5) is 0 Å². The Morgan fingerprint density at radius 3 is 2.06 bits per heavy atom. The second-order valence-electron chi connectivity index (χ2n) is 7.66. The number of nitrogens with zero attached hydrogens (tertiary/aromatic N) is 3. The molecule has 0 aliphatic carbocycles. The average molecular weight is 416 g/mol. The quantitative estimate of drug-likeness (QED) is 0.271. The van der Waals surface area contributed by atoms with Crippen molar-refractivity contribution in [3.8, 4) is 22.5 Å². The Hall–Kier alpha value is -3.98. The van der Waals surface area contributed by atoms with Gasteiger partial charge in [-0.25, -0.2) is 0 Å². The van der Waals surface area contributed by atoms with Crippen LogP contribution in [0.2, 0.25) is 0 Å². The summed E-state index contributed by atoms with van der Waals surface area (Å²) in [4.78, 5) is 0. The van der Waals surface area contributed by atoms with Gasteiger partial charge in [0.05, 0.1) is 5.52 Å². The van der Waals surface area contributed by atoms with Gasteiger partial charge in [0.2, 0.25) is 0 Å². The van der Waals surface area contributed by atoms with Crippen LogP contribution in [0.5, 0.6) is 0 Å². The molecule has 0 aliphatic heterocycles. The maximum absolute atomic E-state index is 4.64. The highest BCUT2D eigenvalue weighted by Gasteiger charge is 2.17. The second kappa shape index (κ2) is 8.27. The number of aryl methyl sites for hydroxylation is 1. The minimum Gasteiger partial charge on any atom is -0.274 e. The van der Waals surface area contributed by atoms with Gasteiger partial charge in [-0.1, -0.05) is 110 Å². The fourth-order valence-corrected chi connectivity index (χ4v) is 4.34. The topological polar surface area (TPSA) is 30.2 Å². The van der Waals surface area contributed by atoms with E-state index in [-0.39, 0.29) is 0 Å². The molecule has 32 heavy (non-hydrogen) atoms. The molecule has 0 N–H and O–H groups in total. The molecule has 0 aliphatic rings. The third kappa shape index (κ3) is 3.14. The summed E-state index contributed by atoms with van der Waals surface area (Å²) in [5.74, 6) is 0.869. The van der Waals surface area contributed by atoms with Gasteiger partial charge in [0.1, 0.15) is 0 Å². The first-order valence-corrected chi connectivity index (χ1v) is 11.1. The van der Waals surface area contributed by atoms with Gasteiger partial charge < -0.3 is 0 Å². The zero-order valence-corrected chi connectivity index (χ0v) is 18.6. The lowest BCUT2D eigenvalue weighted by Crippen LogP contribution is -1.95. The largest absolute Gasteiger partial charge is 0.274 e. The van der Waals surface area contributed by atoms with Crippen molar-refractivity contribution in [2.45, 2.75) is 20.8 Å². The van der Waals surface area contributed by atoms with Gasteiger partial charge in [0, 0.05) is 21.7 Å². The third-order valence-electron chi connectivity index (χ3n) is 5.78. The molecule has 0 fully saturated rings. The normalized spacial score (nSPS) is 11.0. The zero-order chi connectivity index (χ0) is 22.1. The Bertz CT molecular complexity index is 1530. The van der Waals surface area contributed by atoms with Crippen molar-refractivity contribution in [2.75, 3.05) is 0 Å². The van der Waals surface area contributed by atoms with Crippen LogP contribution in [0.3, 0.4) is 0 Å². The first-order valence-electron chi connectivity index (χ1n) is 11.1. The minimum atomic E-state index is 0.869. The summed E-state index contributed by atoms with van der Waals surface area (Å²) < 4.78 is 2.19. The predicted octanol–water partition coefficient (Wildman–Crippen LogP) is 7.70. The maximum atomic E-state index is 4.64. The summed E-state index contributed by atoms with van der Waals surface area (Å²) >= 11 is 0. The van der Waals surface area contributed by atoms with E-state index in [0.717, 1.165) is 27.9 Å². The van der Waals surface area contributed by atoms with Crippen molar-refractivity contribution in [1.29, 1.82) is 0 Å². The van der Waals surface area contributed by atoms with Gasteiger partial charge >= 0.3 is 0 Å². The number of hydrogen-bond donors (Lipinski definition) is 0. The lowest BCUT2D eigenvalue weighted by Gasteiger charge is -2.13. The highest BCUT2D eigenvalue weighted by molar-refractivity contribution is 6.18. The molecule has 0 saturated heterocycles. The summed E-state index contributed by atoms with van der Waals surface area (Å²) in [6.07, 6.45) is 0. The predicted molar refractivity (Wildman–Crippen MR) is 135 cm³/mol. The molecule has 4 aromatic carbocycles. The van der Waals surface area contributed by atoms with Crippen LogP contribution < -0.4 is 0 Å². The van der Waals surface area contributed by atoms with Gasteiger partial charge in [-0.2, -0.15) is 0 Å². The van der Waals surface area contributed by atoms with Gasteiger partial charge in [-0.15, -0.1) is 10.2 Å². The zero-order valence-electron chi connectivity index (χ0n) is 18.6. The van der Waals surface area contributed by atoms with Crippen LogP contribution >= 0.6 is 0 Å². The van der Waals surface area contributed by atoms with Gasteiger partial charge in [0.25, 0.3) is 0 Å². The van der Waals surface area contributed by atoms with Crippen LogP contribution in [0.25, 0.3) is 49.8 Å². The Morgan fingerprint density at radius 1 is 0.594 bits per heavy atom. The number of benzene rings is 4. The molecule has 0 saturated carbocycles. The highest BCUT2D eigenvalue weighted by atomic mass is 15.2. The Morgan fingerprint density at radius 2 is 1.28 bits per heavy atom. The Kier molecular flexibility index (Phi) is 5.16. The SMILES string of the molecule is CC.Cc1ccc(-c2nnc3c4cccc(-c5ccccc5)c4c4ccccc4n23)cc1. The van der Waals surface area contributed by atoms with Crippen LogP contribution in [0.1, 0.15) is 19.4 Å². The van der Waals surface area contributed by atoms with E-state index in [0.29, 0.717) is 0 Å². The summed E-state index contributed by atoms with van der Waals surface area (Å²) in [5.41, 5.74) is 6.72. The molecule has 6 aromatic rings. The van der Waals surface area contributed by atoms with Crippen LogP contribution in [-0.4, -0.2) is 14.6 Å². The lowest BCUT2D eigenvalue weighted by atomic mass is 9.95. The van der Waals surface area contributed by atoms with Gasteiger partial charge in [-0.05, 0) is 24.1 Å². The Labute approximate surface area is 188 Å². The molecule has 2 aromatic heterocycles. The molecule has 0 bridgehead atoms. The third-order valence-corrected chi connectivity index (χ3v) is 5.78. The van der Waals surface area contributed by atoms with E-state index in [2.05, 4.69) is 119 Å². The van der Waals surface area contributed by atoms with E-state index >= 15 is 0 Å². The molecule has 0 atom stereocenters. The summed E-state index contributed by atoms with van der Waals surface area (Å²) in [7, 11) is 0. The first-order chi connectivity index (χ1) is 15.8. The number of rotatable bonds is 2. The van der Waals surface area contributed by atoms with Crippen molar-refractivity contribution in [3.63, 3.8) is 0 Å². The second-order valence-corrected chi connectivity index (χ2v) is 7.66. The average Bonchev–Trinajstić information content (AvgIpc) is 3.32. The van der Waals surface area contributed by atoms with E-state index in [9.17, 15) is 0 Å². The summed E-state index contributed by atoms with van der Waals surface area (Å²) in [6, 6.07) is 34.0. The number of aromatic nitrogens is 3. The van der Waals surface area contributed by atoms with Crippen LogP contribution in [0.15, 0.2) is 97.1 Å². The van der Waals surface area contributed by atoms with Crippen molar-refractivity contribution in [2.24, 2.45) is 0 Å². The molecule has 2 heterocycles. The Balaban J connectivity index is 0.00000105. The van der Waals surface area contributed by atoms with Gasteiger partial charge in [0.15, 0.2) is 11.5 Å². The molecule has 0 amide bonds. The molecule has 6 rings (SSSR count). The molecule has 3 heteroatoms. The van der Waals surface area contributed by atoms with Crippen molar-refractivity contribution >= 4 is 27.3 Å². The van der Waals surface area contributed by atoms with E-state index < -0.39 is 0 Å². The van der Waals surface area contributed by atoms with Crippen LogP contribution in [0, 0.1) is 6.92 Å². The molecule has 0 unspecified atom stereocenters. The molecular weight excluding hydrogens is 390 g/mol. The smallest absolute Gasteiger partial charge is 0.169 e. The summed E-state index contributed by atoms with van der Waals surface area (Å²) in [6.45, 7) is 6.10. The molecule has 3 nitrogen and oxygen atoms in total. The molecular formula is C29H25N3. The molecule has 0 radical (unpaired) electrons. The number of hydrogen-bond acceptors (Lipinski definition) is 2. The lowest BCUT2D eigenvalue weighted by molar-refractivity contribution is 1.12. The first kappa shape index (κ1) is 20.0. The van der Waals surface area contributed by atoms with E-state index in [1.165, 1.54) is 27.5 Å². The van der Waals surface area contributed by atoms with Crippen molar-refractivity contribution in [3.05, 3.63) is 103 Å². The van der Waals surface area contributed by atoms with Gasteiger partial charge in [-0.3, -0.25) is 4.40 Å². The highest BCUT2D eigenvalue weighted by Crippen LogP contribution is 2.37. The standard InChI is InChI=1S/C27H19N3.C2H6/c1-18-14-16-20(17-15-18)26-28-29-27-23-12-7-11-21(19-8-3-2-4-9-19)25(23)22-10-5-6-13-24(22)30(26)27;1-2/h2-17H,1H3;1-2H3. The van der Waals surface area contributed by atoms with Crippen molar-refractivity contribution in [1.82, 2.24) is 14.6 Å². The van der Waals surface area contributed by atoms with E-state index in [1.54, 1.807) is 0 Å². The molecule has 156 valence electrons. The monoisotopic (exact) mass is 415 g/mol. The number of pyridine rings is 1. The maximum Gasteiger partial charge on any atom is 0.169 e. The fourth-order valence-electron chi connectivity index (χ4n) is 4.34. The fraction of sp³-hybridized carbons (Fsp3) is 0.103. The van der Waals surface area contributed by atoms with Crippen LogP contribution in [-0.2, 0) is 0 Å². The molecule has 0 spiro atoms. The summed E-state index contributed by atoms with van der Waals surface area (Å²) in [5, 5.41) is 12.8. The van der Waals surface area contributed by atoms with E-state index in [1.807, 2.05) is 13.8 Å². The van der Waals surface area contributed by atoms with Crippen molar-refractivity contribution < 1.29 is 0 Å². The minimum absolute atomic E-state index is 0.869. The van der Waals surface area contributed by atoms with E-state index in [4.69, 9.17) is 0 Å². The number of para-hydroxylation sites is 1.